The lowest BCUT2D eigenvalue weighted by atomic mass is 10.1. The van der Waals surface area contributed by atoms with Gasteiger partial charge < -0.3 is 14.8 Å². The van der Waals surface area contributed by atoms with Gasteiger partial charge in [0.15, 0.2) is 17.5 Å². The minimum atomic E-state index is -1.49. The van der Waals surface area contributed by atoms with Crippen LogP contribution >= 0.6 is 0 Å². The maximum Gasteiger partial charge on any atom is 0.194 e. The zero-order chi connectivity index (χ0) is 14.7. The van der Waals surface area contributed by atoms with Crippen LogP contribution in [-0.4, -0.2) is 11.7 Å². The minimum absolute atomic E-state index is 0.134. The Kier molecular flexibility index (Phi) is 4.46. The van der Waals surface area contributed by atoms with Gasteiger partial charge in [-0.05, 0) is 36.8 Å². The van der Waals surface area contributed by atoms with Crippen molar-refractivity contribution in [2.24, 2.45) is 0 Å². The summed E-state index contributed by atoms with van der Waals surface area (Å²) in [5, 5.41) is 12.7. The van der Waals surface area contributed by atoms with Crippen molar-refractivity contribution in [1.82, 2.24) is 5.32 Å². The Hall–Kier alpha value is -1.79. The number of hydrogen-bond acceptors (Lipinski definition) is 3. The summed E-state index contributed by atoms with van der Waals surface area (Å²) < 4.78 is 44.1. The van der Waals surface area contributed by atoms with Crippen LogP contribution in [0.25, 0.3) is 0 Å². The van der Waals surface area contributed by atoms with E-state index in [-0.39, 0.29) is 12.1 Å². The molecule has 2 N–H and O–H groups in total. The molecule has 0 aliphatic carbocycles. The molecule has 0 aliphatic rings. The van der Waals surface area contributed by atoms with Gasteiger partial charge in [0.05, 0.1) is 6.26 Å². The molecule has 2 unspecified atom stereocenters. The topological polar surface area (TPSA) is 45.4 Å². The van der Waals surface area contributed by atoms with Crippen LogP contribution in [-0.2, 0) is 0 Å². The lowest BCUT2D eigenvalue weighted by Crippen LogP contribution is -2.24. The van der Waals surface area contributed by atoms with Crippen LogP contribution in [0.3, 0.4) is 0 Å². The summed E-state index contributed by atoms with van der Waals surface area (Å²) in [6.45, 7) is 1.79. The van der Waals surface area contributed by atoms with Crippen molar-refractivity contribution in [1.29, 1.82) is 0 Å². The zero-order valence-corrected chi connectivity index (χ0v) is 10.7. The van der Waals surface area contributed by atoms with Crippen LogP contribution in [0, 0.1) is 17.5 Å². The monoisotopic (exact) mass is 285 g/mol. The third-order valence-corrected chi connectivity index (χ3v) is 3.00. The Labute approximate surface area is 114 Å². The number of nitrogens with one attached hydrogen (secondary N) is 1. The highest BCUT2D eigenvalue weighted by molar-refractivity contribution is 5.22. The lowest BCUT2D eigenvalue weighted by Gasteiger charge is -2.17. The maximum atomic E-state index is 13.1. The van der Waals surface area contributed by atoms with E-state index in [2.05, 4.69) is 5.32 Å². The molecule has 0 bridgehead atoms. The van der Waals surface area contributed by atoms with E-state index in [4.69, 9.17) is 4.42 Å². The van der Waals surface area contributed by atoms with Crippen LogP contribution in [0.5, 0.6) is 0 Å². The summed E-state index contributed by atoms with van der Waals surface area (Å²) >= 11 is 0. The van der Waals surface area contributed by atoms with Gasteiger partial charge in [-0.15, -0.1) is 0 Å². The van der Waals surface area contributed by atoms with E-state index < -0.39 is 29.6 Å². The Balaban J connectivity index is 2.00. The average molecular weight is 285 g/mol. The van der Waals surface area contributed by atoms with Gasteiger partial charge in [0.25, 0.3) is 0 Å². The van der Waals surface area contributed by atoms with E-state index in [9.17, 15) is 18.3 Å². The molecule has 0 spiro atoms. The van der Waals surface area contributed by atoms with E-state index >= 15 is 0 Å². The zero-order valence-electron chi connectivity index (χ0n) is 10.7. The molecule has 2 rings (SSSR count). The Morgan fingerprint density at radius 2 is 1.90 bits per heavy atom. The molecule has 1 heterocycles. The van der Waals surface area contributed by atoms with Crippen molar-refractivity contribution < 1.29 is 22.7 Å². The summed E-state index contributed by atoms with van der Waals surface area (Å²) in [6, 6.07) is 4.66. The molecular weight excluding hydrogens is 271 g/mol. The van der Waals surface area contributed by atoms with Crippen LogP contribution in [0.2, 0.25) is 0 Å². The van der Waals surface area contributed by atoms with Gasteiger partial charge in [-0.2, -0.15) is 0 Å². The molecule has 20 heavy (non-hydrogen) atoms. The first kappa shape index (κ1) is 14.6. The smallest absolute Gasteiger partial charge is 0.194 e. The Bertz CT molecular complexity index is 549. The molecule has 1 aromatic carbocycles. The standard InChI is InChI=1S/C14H14F3NO2/c1-8(9-5-10(15)14(17)11(16)6-9)18-7-12(19)13-3-2-4-20-13/h2-6,8,12,18-19H,7H2,1H3. The van der Waals surface area contributed by atoms with Crippen molar-refractivity contribution in [2.75, 3.05) is 6.54 Å². The van der Waals surface area contributed by atoms with Gasteiger partial charge >= 0.3 is 0 Å². The second-order valence-corrected chi connectivity index (χ2v) is 4.46. The Morgan fingerprint density at radius 3 is 2.45 bits per heavy atom. The minimum Gasteiger partial charge on any atom is -0.467 e. The highest BCUT2D eigenvalue weighted by atomic mass is 19.2. The van der Waals surface area contributed by atoms with E-state index in [0.717, 1.165) is 12.1 Å². The highest BCUT2D eigenvalue weighted by Gasteiger charge is 2.16. The summed E-state index contributed by atoms with van der Waals surface area (Å²) in [6.07, 6.45) is 0.565. The van der Waals surface area contributed by atoms with Crippen molar-refractivity contribution >= 4 is 0 Å². The predicted octanol–water partition coefficient (Wildman–Crippen LogP) is 3.08. The van der Waals surface area contributed by atoms with Crippen molar-refractivity contribution in [2.45, 2.75) is 19.1 Å². The third kappa shape index (κ3) is 3.20. The summed E-state index contributed by atoms with van der Waals surface area (Å²) in [7, 11) is 0. The molecule has 0 saturated heterocycles. The van der Waals surface area contributed by atoms with E-state index in [1.165, 1.54) is 6.26 Å². The molecule has 2 aromatic rings. The second-order valence-electron chi connectivity index (χ2n) is 4.46. The van der Waals surface area contributed by atoms with Crippen molar-refractivity contribution in [3.8, 4) is 0 Å². The molecule has 108 valence electrons. The number of halogens is 3. The normalized spacial score (nSPS) is 14.2. The van der Waals surface area contributed by atoms with E-state index in [0.29, 0.717) is 5.76 Å². The fourth-order valence-corrected chi connectivity index (χ4v) is 1.81. The lowest BCUT2D eigenvalue weighted by molar-refractivity contribution is 0.144. The molecule has 1 aromatic heterocycles. The summed E-state index contributed by atoms with van der Waals surface area (Å²) in [5.41, 5.74) is 0.257. The molecule has 0 amide bonds. The SMILES string of the molecule is CC(NCC(O)c1ccco1)c1cc(F)c(F)c(F)c1. The molecule has 0 aliphatic heterocycles. The number of benzene rings is 1. The summed E-state index contributed by atoms with van der Waals surface area (Å²) in [5.74, 6) is -3.57. The average Bonchev–Trinajstić information content (AvgIpc) is 2.95. The van der Waals surface area contributed by atoms with Crippen LogP contribution < -0.4 is 5.32 Å². The highest BCUT2D eigenvalue weighted by Crippen LogP contribution is 2.20. The first-order valence-electron chi connectivity index (χ1n) is 6.08. The second kappa shape index (κ2) is 6.11. The maximum absolute atomic E-state index is 13.1. The molecule has 0 fully saturated rings. The number of furan rings is 1. The van der Waals surface area contributed by atoms with Gasteiger partial charge in [0.1, 0.15) is 11.9 Å². The summed E-state index contributed by atoms with van der Waals surface area (Å²) in [4.78, 5) is 0. The van der Waals surface area contributed by atoms with E-state index in [1.807, 2.05) is 0 Å². The molecule has 0 saturated carbocycles. The number of aliphatic hydroxyl groups excluding tert-OH is 1. The number of hydrogen-bond donors (Lipinski definition) is 2. The molecule has 0 radical (unpaired) electrons. The van der Waals surface area contributed by atoms with Gasteiger partial charge in [-0.3, -0.25) is 0 Å². The quantitative estimate of drug-likeness (QED) is 0.830. The fraction of sp³-hybridized carbons (Fsp3) is 0.286. The van der Waals surface area contributed by atoms with Gasteiger partial charge in [-0.25, -0.2) is 13.2 Å². The van der Waals surface area contributed by atoms with Crippen LogP contribution in [0.1, 0.15) is 30.4 Å². The fourth-order valence-electron chi connectivity index (χ4n) is 1.81. The first-order valence-corrected chi connectivity index (χ1v) is 6.08. The van der Waals surface area contributed by atoms with Crippen molar-refractivity contribution in [3.63, 3.8) is 0 Å². The van der Waals surface area contributed by atoms with E-state index in [1.54, 1.807) is 19.1 Å². The van der Waals surface area contributed by atoms with Gasteiger partial charge in [0.2, 0.25) is 0 Å². The molecule has 6 heteroatoms. The van der Waals surface area contributed by atoms with Crippen LogP contribution in [0.4, 0.5) is 13.2 Å². The molecular formula is C14H14F3NO2. The largest absolute Gasteiger partial charge is 0.467 e. The third-order valence-electron chi connectivity index (χ3n) is 3.00. The number of aliphatic hydroxyl groups is 1. The first-order chi connectivity index (χ1) is 9.49. The number of rotatable bonds is 5. The van der Waals surface area contributed by atoms with Gasteiger partial charge in [-0.1, -0.05) is 0 Å². The van der Waals surface area contributed by atoms with Crippen LogP contribution in [0.15, 0.2) is 34.9 Å². The molecule has 3 nitrogen and oxygen atoms in total. The van der Waals surface area contributed by atoms with Gasteiger partial charge in [0, 0.05) is 12.6 Å². The molecule has 2 atom stereocenters. The Morgan fingerprint density at radius 1 is 1.25 bits per heavy atom. The van der Waals surface area contributed by atoms with Crippen molar-refractivity contribution in [3.05, 3.63) is 59.3 Å². The predicted molar refractivity (Wildman–Crippen MR) is 66.4 cm³/mol.